The molecule has 1 aromatic rings. The van der Waals surface area contributed by atoms with Crippen molar-refractivity contribution in [2.24, 2.45) is 10.7 Å². The smallest absolute Gasteiger partial charge is 0.285 e. The molecular weight excluding hydrogens is 268 g/mol. The predicted molar refractivity (Wildman–Crippen MR) is 79.4 cm³/mol. The molecule has 108 valence electrons. The maximum atomic E-state index is 12.4. The van der Waals surface area contributed by atoms with Gasteiger partial charge < -0.3 is 15.7 Å². The Morgan fingerprint density at radius 1 is 1.29 bits per heavy atom. The quantitative estimate of drug-likeness (QED) is 0.797. The number of hydrogen-bond acceptors (Lipinski definition) is 5. The summed E-state index contributed by atoms with van der Waals surface area (Å²) < 4.78 is 0. The molecule has 0 saturated heterocycles. The van der Waals surface area contributed by atoms with Crippen LogP contribution in [-0.2, 0) is 4.79 Å². The highest BCUT2D eigenvalue weighted by molar-refractivity contribution is 6.16. The number of carbonyl (C=O) groups excluding carboxylic acids is 1. The monoisotopic (exact) mass is 284 g/mol. The van der Waals surface area contributed by atoms with E-state index in [4.69, 9.17) is 10.8 Å². The number of nitrogens with zero attached hydrogens (tertiary/aromatic N) is 3. The summed E-state index contributed by atoms with van der Waals surface area (Å²) in [7, 11) is 0. The van der Waals surface area contributed by atoms with Gasteiger partial charge in [-0.1, -0.05) is 30.3 Å². The Hall–Kier alpha value is -2.60. The van der Waals surface area contributed by atoms with E-state index < -0.39 is 0 Å². The maximum absolute atomic E-state index is 12.4. The lowest BCUT2D eigenvalue weighted by Gasteiger charge is -2.16. The Morgan fingerprint density at radius 3 is 2.76 bits per heavy atom. The molecular formula is C15H16N4O2. The molecule has 0 radical (unpaired) electrons. The second-order valence-electron chi connectivity index (χ2n) is 4.82. The average Bonchev–Trinajstić information content (AvgIpc) is 2.97. The van der Waals surface area contributed by atoms with E-state index >= 15 is 0 Å². The minimum absolute atomic E-state index is 0.0815. The van der Waals surface area contributed by atoms with Crippen molar-refractivity contribution in [3.05, 3.63) is 53.6 Å². The molecule has 6 heteroatoms. The van der Waals surface area contributed by atoms with E-state index in [2.05, 4.69) is 4.99 Å². The summed E-state index contributed by atoms with van der Waals surface area (Å²) in [5.74, 6) is 0.635. The molecule has 3 rings (SSSR count). The van der Waals surface area contributed by atoms with Crippen LogP contribution in [-0.4, -0.2) is 39.9 Å². The molecule has 0 aromatic heterocycles. The van der Waals surface area contributed by atoms with E-state index in [1.807, 2.05) is 30.3 Å². The highest BCUT2D eigenvalue weighted by Crippen LogP contribution is 2.26. The van der Waals surface area contributed by atoms with Crippen LogP contribution in [0.3, 0.4) is 0 Å². The maximum Gasteiger partial charge on any atom is 0.285 e. The summed E-state index contributed by atoms with van der Waals surface area (Å²) in [5.41, 5.74) is 7.16. The van der Waals surface area contributed by atoms with Crippen molar-refractivity contribution in [3.8, 4) is 0 Å². The Kier molecular flexibility index (Phi) is 3.45. The van der Waals surface area contributed by atoms with Crippen LogP contribution in [0.25, 0.3) is 6.08 Å². The molecule has 0 unspecified atom stereocenters. The van der Waals surface area contributed by atoms with Gasteiger partial charge >= 0.3 is 0 Å². The number of aliphatic hydroxyl groups excluding tert-OH is 1. The fourth-order valence-corrected chi connectivity index (χ4v) is 2.32. The van der Waals surface area contributed by atoms with Gasteiger partial charge in [-0.2, -0.15) is 0 Å². The molecule has 0 fully saturated rings. The fourth-order valence-electron chi connectivity index (χ4n) is 2.32. The summed E-state index contributed by atoms with van der Waals surface area (Å²) in [6.45, 7) is 0.649. The first-order valence-corrected chi connectivity index (χ1v) is 6.75. The molecule has 1 aromatic carbocycles. The van der Waals surface area contributed by atoms with Gasteiger partial charge in [0.2, 0.25) is 5.96 Å². The molecule has 2 aliphatic rings. The summed E-state index contributed by atoms with van der Waals surface area (Å²) in [6.07, 6.45) is 4.00. The van der Waals surface area contributed by atoms with Gasteiger partial charge in [-0.15, -0.1) is 0 Å². The molecule has 2 aliphatic heterocycles. The lowest BCUT2D eigenvalue weighted by atomic mass is 10.2. The minimum atomic E-state index is -0.228. The van der Waals surface area contributed by atoms with Gasteiger partial charge in [-0.05, 0) is 18.1 Å². The van der Waals surface area contributed by atoms with Gasteiger partial charge in [0.1, 0.15) is 11.5 Å². The van der Waals surface area contributed by atoms with Crippen LogP contribution in [0.5, 0.6) is 0 Å². The zero-order valence-corrected chi connectivity index (χ0v) is 11.4. The van der Waals surface area contributed by atoms with Crippen molar-refractivity contribution >= 4 is 17.9 Å². The first-order chi connectivity index (χ1) is 10.2. The van der Waals surface area contributed by atoms with Gasteiger partial charge in [0, 0.05) is 19.4 Å². The number of carbonyl (C=O) groups is 1. The van der Waals surface area contributed by atoms with Crippen LogP contribution >= 0.6 is 0 Å². The molecule has 2 heterocycles. The zero-order chi connectivity index (χ0) is 14.8. The minimum Gasteiger partial charge on any atom is -0.396 e. The molecule has 0 bridgehead atoms. The standard InChI is InChI=1S/C15H16N4O2/c16-13-10-18(7-4-8-20)15-17-12(14(21)19(13)15)9-11-5-2-1-3-6-11/h1-3,5-6,9-10,20H,4,7-8,16H2. The lowest BCUT2D eigenvalue weighted by molar-refractivity contribution is -0.121. The van der Waals surface area contributed by atoms with Crippen LogP contribution in [0.4, 0.5) is 0 Å². The van der Waals surface area contributed by atoms with Gasteiger partial charge in [-0.25, -0.2) is 9.89 Å². The van der Waals surface area contributed by atoms with Crippen molar-refractivity contribution < 1.29 is 9.90 Å². The van der Waals surface area contributed by atoms with E-state index in [9.17, 15) is 4.79 Å². The Labute approximate surface area is 122 Å². The average molecular weight is 284 g/mol. The van der Waals surface area contributed by atoms with Crippen LogP contribution in [0.1, 0.15) is 12.0 Å². The molecule has 1 amide bonds. The number of amides is 1. The third-order valence-electron chi connectivity index (χ3n) is 3.31. The lowest BCUT2D eigenvalue weighted by Crippen LogP contribution is -2.36. The third kappa shape index (κ3) is 2.41. The summed E-state index contributed by atoms with van der Waals surface area (Å²) >= 11 is 0. The number of benzene rings is 1. The molecule has 0 saturated carbocycles. The molecule has 0 atom stereocenters. The molecule has 0 aliphatic carbocycles. The Bertz CT molecular complexity index is 649. The van der Waals surface area contributed by atoms with E-state index in [1.165, 1.54) is 4.90 Å². The van der Waals surface area contributed by atoms with Crippen LogP contribution in [0.15, 0.2) is 53.0 Å². The van der Waals surface area contributed by atoms with Crippen molar-refractivity contribution in [1.29, 1.82) is 0 Å². The van der Waals surface area contributed by atoms with E-state index in [0.29, 0.717) is 30.4 Å². The van der Waals surface area contributed by atoms with E-state index in [0.717, 1.165) is 5.56 Å². The van der Waals surface area contributed by atoms with Gasteiger partial charge in [0.05, 0.1) is 0 Å². The van der Waals surface area contributed by atoms with Crippen molar-refractivity contribution in [2.75, 3.05) is 13.2 Å². The predicted octanol–water partition coefficient (Wildman–Crippen LogP) is 0.681. The molecule has 6 nitrogen and oxygen atoms in total. The number of aliphatic hydroxyl groups is 1. The fraction of sp³-hybridized carbons (Fsp3) is 0.200. The number of aliphatic imine (C=N–C) groups is 1. The normalized spacial score (nSPS) is 19.1. The van der Waals surface area contributed by atoms with Gasteiger partial charge in [-0.3, -0.25) is 4.79 Å². The number of hydrogen-bond donors (Lipinski definition) is 2. The first kappa shape index (κ1) is 13.4. The van der Waals surface area contributed by atoms with Crippen molar-refractivity contribution in [2.45, 2.75) is 6.42 Å². The van der Waals surface area contributed by atoms with Crippen LogP contribution < -0.4 is 5.73 Å². The van der Waals surface area contributed by atoms with Gasteiger partial charge in [0.25, 0.3) is 5.91 Å². The highest BCUT2D eigenvalue weighted by Gasteiger charge is 2.39. The topological polar surface area (TPSA) is 82.2 Å². The first-order valence-electron chi connectivity index (χ1n) is 6.75. The van der Waals surface area contributed by atoms with Crippen LogP contribution in [0.2, 0.25) is 0 Å². The summed E-state index contributed by atoms with van der Waals surface area (Å²) in [5, 5.41) is 8.92. The molecule has 21 heavy (non-hydrogen) atoms. The second kappa shape index (κ2) is 5.41. The summed E-state index contributed by atoms with van der Waals surface area (Å²) in [4.78, 5) is 19.9. The van der Waals surface area contributed by atoms with E-state index in [-0.39, 0.29) is 12.5 Å². The molecule has 0 spiro atoms. The number of guanidine groups is 1. The summed E-state index contributed by atoms with van der Waals surface area (Å²) in [6, 6.07) is 9.54. The largest absolute Gasteiger partial charge is 0.396 e. The molecule has 3 N–H and O–H groups in total. The number of fused-ring (bicyclic) bond motifs is 1. The van der Waals surface area contributed by atoms with Gasteiger partial charge in [0.15, 0.2) is 0 Å². The van der Waals surface area contributed by atoms with Crippen molar-refractivity contribution in [3.63, 3.8) is 0 Å². The second-order valence-corrected chi connectivity index (χ2v) is 4.82. The Morgan fingerprint density at radius 2 is 2.05 bits per heavy atom. The third-order valence-corrected chi connectivity index (χ3v) is 3.31. The van der Waals surface area contributed by atoms with E-state index in [1.54, 1.807) is 17.2 Å². The highest BCUT2D eigenvalue weighted by atomic mass is 16.3. The number of nitrogens with two attached hydrogens (primary N) is 1. The Balaban J connectivity index is 1.89. The SMILES string of the molecule is NC1=CN(CCCO)C2=NC(=Cc3ccccc3)C(=O)N12. The van der Waals surface area contributed by atoms with Crippen molar-refractivity contribution in [1.82, 2.24) is 9.80 Å². The van der Waals surface area contributed by atoms with Crippen LogP contribution in [0, 0.1) is 0 Å². The number of rotatable bonds is 4. The zero-order valence-electron chi connectivity index (χ0n) is 11.4.